The lowest BCUT2D eigenvalue weighted by molar-refractivity contribution is 0.124. The highest BCUT2D eigenvalue weighted by molar-refractivity contribution is 5.58. The van der Waals surface area contributed by atoms with Crippen LogP contribution in [0.5, 0.6) is 0 Å². The van der Waals surface area contributed by atoms with Crippen molar-refractivity contribution in [3.8, 4) is 0 Å². The molecule has 1 N–H and O–H groups in total. The molecule has 2 atom stereocenters. The summed E-state index contributed by atoms with van der Waals surface area (Å²) >= 11 is 0. The molecule has 1 fully saturated rings. The Labute approximate surface area is 89.3 Å². The van der Waals surface area contributed by atoms with Crippen molar-refractivity contribution in [1.82, 2.24) is 0 Å². The molecule has 3 nitrogen and oxygen atoms in total. The number of aliphatic hydroxyl groups is 1. The molecule has 3 heteroatoms. The van der Waals surface area contributed by atoms with Gasteiger partial charge >= 0.3 is 0 Å². The van der Waals surface area contributed by atoms with Gasteiger partial charge in [-0.1, -0.05) is 18.2 Å². The minimum absolute atomic E-state index is 0.147. The van der Waals surface area contributed by atoms with Crippen LogP contribution in [0.2, 0.25) is 0 Å². The van der Waals surface area contributed by atoms with Gasteiger partial charge in [0.05, 0.1) is 25.4 Å². The zero-order valence-corrected chi connectivity index (χ0v) is 8.60. The molecule has 0 aliphatic carbocycles. The summed E-state index contributed by atoms with van der Waals surface area (Å²) in [5, 5.41) is 9.81. The van der Waals surface area contributed by atoms with Crippen LogP contribution < -0.4 is 4.90 Å². The Morgan fingerprint density at radius 2 is 2.13 bits per heavy atom. The largest absolute Gasteiger partial charge is 0.388 e. The first kappa shape index (κ1) is 9.19. The minimum atomic E-state index is -0.337. The van der Waals surface area contributed by atoms with Gasteiger partial charge in [-0.15, -0.1) is 0 Å². The minimum Gasteiger partial charge on any atom is -0.388 e. The fourth-order valence-corrected chi connectivity index (χ4v) is 2.54. The van der Waals surface area contributed by atoms with Crippen LogP contribution in [0.4, 0.5) is 5.69 Å². The molecule has 0 unspecified atom stereocenters. The number of rotatable bonds is 1. The van der Waals surface area contributed by atoms with Crippen molar-refractivity contribution in [3.63, 3.8) is 0 Å². The summed E-state index contributed by atoms with van der Waals surface area (Å²) < 4.78 is 5.31. The molecule has 2 heterocycles. The molecule has 0 aromatic heterocycles. The second kappa shape index (κ2) is 3.51. The summed E-state index contributed by atoms with van der Waals surface area (Å²) in [6.07, 6.45) is 0.746. The van der Waals surface area contributed by atoms with E-state index >= 15 is 0 Å². The molecule has 0 amide bonds. The number of hydrogen-bond acceptors (Lipinski definition) is 3. The van der Waals surface area contributed by atoms with Crippen molar-refractivity contribution in [2.24, 2.45) is 0 Å². The standard InChI is InChI=1S/C12H15NO2/c14-12-8-15-7-11(12)13-6-5-9-3-1-2-4-10(9)13/h1-4,11-12,14H,5-8H2/t11-,12-/m0/s1. The van der Waals surface area contributed by atoms with E-state index in [1.165, 1.54) is 11.3 Å². The molecular formula is C12H15NO2. The average Bonchev–Trinajstić information content (AvgIpc) is 2.83. The third-order valence-corrected chi connectivity index (χ3v) is 3.34. The smallest absolute Gasteiger partial charge is 0.0998 e. The molecule has 1 aromatic carbocycles. The normalized spacial score (nSPS) is 29.5. The summed E-state index contributed by atoms with van der Waals surface area (Å²) in [6.45, 7) is 2.13. The molecule has 2 aliphatic rings. The van der Waals surface area contributed by atoms with E-state index in [1.54, 1.807) is 0 Å². The van der Waals surface area contributed by atoms with Gasteiger partial charge < -0.3 is 14.7 Å². The maximum absolute atomic E-state index is 9.81. The number of hydrogen-bond donors (Lipinski definition) is 1. The summed E-state index contributed by atoms with van der Waals surface area (Å²) in [7, 11) is 0. The van der Waals surface area contributed by atoms with Crippen LogP contribution in [-0.2, 0) is 11.2 Å². The lowest BCUT2D eigenvalue weighted by atomic mass is 10.1. The third-order valence-electron chi connectivity index (χ3n) is 3.34. The Balaban J connectivity index is 1.90. The quantitative estimate of drug-likeness (QED) is 0.736. The van der Waals surface area contributed by atoms with Crippen molar-refractivity contribution >= 4 is 5.69 Å². The molecule has 1 saturated heterocycles. The summed E-state index contributed by atoms with van der Waals surface area (Å²) in [4.78, 5) is 2.28. The molecular weight excluding hydrogens is 190 g/mol. The fourth-order valence-electron chi connectivity index (χ4n) is 2.54. The Morgan fingerprint density at radius 1 is 1.27 bits per heavy atom. The SMILES string of the molecule is O[C@H]1COC[C@@H]1N1CCc2ccccc21. The van der Waals surface area contributed by atoms with E-state index in [1.807, 2.05) is 0 Å². The molecule has 80 valence electrons. The van der Waals surface area contributed by atoms with Crippen LogP contribution >= 0.6 is 0 Å². The van der Waals surface area contributed by atoms with E-state index in [0.29, 0.717) is 13.2 Å². The van der Waals surface area contributed by atoms with E-state index < -0.39 is 0 Å². The zero-order valence-electron chi connectivity index (χ0n) is 8.60. The van der Waals surface area contributed by atoms with Crippen LogP contribution in [0.15, 0.2) is 24.3 Å². The summed E-state index contributed by atoms with van der Waals surface area (Å²) in [5.74, 6) is 0. The van der Waals surface area contributed by atoms with Crippen LogP contribution in [0.3, 0.4) is 0 Å². The predicted molar refractivity (Wildman–Crippen MR) is 58.1 cm³/mol. The van der Waals surface area contributed by atoms with Crippen molar-refractivity contribution in [3.05, 3.63) is 29.8 Å². The first-order valence-electron chi connectivity index (χ1n) is 5.46. The number of nitrogens with zero attached hydrogens (tertiary/aromatic N) is 1. The van der Waals surface area contributed by atoms with Gasteiger partial charge in [0, 0.05) is 12.2 Å². The van der Waals surface area contributed by atoms with Crippen LogP contribution in [0.25, 0.3) is 0 Å². The predicted octanol–water partition coefficient (Wildman–Crippen LogP) is 0.809. The molecule has 1 aromatic rings. The third kappa shape index (κ3) is 1.43. The molecule has 15 heavy (non-hydrogen) atoms. The maximum atomic E-state index is 9.81. The molecule has 0 bridgehead atoms. The number of fused-ring (bicyclic) bond motifs is 1. The van der Waals surface area contributed by atoms with E-state index in [2.05, 4.69) is 29.2 Å². The molecule has 0 saturated carbocycles. The van der Waals surface area contributed by atoms with Gasteiger partial charge in [0.25, 0.3) is 0 Å². The van der Waals surface area contributed by atoms with Crippen molar-refractivity contribution in [1.29, 1.82) is 0 Å². The van der Waals surface area contributed by atoms with Crippen molar-refractivity contribution in [2.45, 2.75) is 18.6 Å². The highest BCUT2D eigenvalue weighted by atomic mass is 16.5. The van der Waals surface area contributed by atoms with Gasteiger partial charge in [-0.3, -0.25) is 0 Å². The van der Waals surface area contributed by atoms with E-state index in [4.69, 9.17) is 4.74 Å². The first-order valence-corrected chi connectivity index (χ1v) is 5.46. The van der Waals surface area contributed by atoms with Gasteiger partial charge in [0.15, 0.2) is 0 Å². The number of para-hydroxylation sites is 1. The highest BCUT2D eigenvalue weighted by Crippen LogP contribution is 2.31. The van der Waals surface area contributed by atoms with E-state index in [0.717, 1.165) is 13.0 Å². The first-order chi connectivity index (χ1) is 7.36. The van der Waals surface area contributed by atoms with Gasteiger partial charge in [0.1, 0.15) is 0 Å². The highest BCUT2D eigenvalue weighted by Gasteiger charge is 2.34. The van der Waals surface area contributed by atoms with E-state index in [-0.39, 0.29) is 12.1 Å². The second-order valence-corrected chi connectivity index (χ2v) is 4.24. The maximum Gasteiger partial charge on any atom is 0.0998 e. The number of benzene rings is 1. The second-order valence-electron chi connectivity index (χ2n) is 4.24. The van der Waals surface area contributed by atoms with E-state index in [9.17, 15) is 5.11 Å². The average molecular weight is 205 g/mol. The van der Waals surface area contributed by atoms with Gasteiger partial charge in [0.2, 0.25) is 0 Å². The Morgan fingerprint density at radius 3 is 2.93 bits per heavy atom. The summed E-state index contributed by atoms with van der Waals surface area (Å²) in [5.41, 5.74) is 2.66. The van der Waals surface area contributed by atoms with Gasteiger partial charge in [-0.25, -0.2) is 0 Å². The lowest BCUT2D eigenvalue weighted by Crippen LogP contribution is -2.42. The fraction of sp³-hybridized carbons (Fsp3) is 0.500. The van der Waals surface area contributed by atoms with Gasteiger partial charge in [-0.2, -0.15) is 0 Å². The Hall–Kier alpha value is -1.06. The Bertz CT molecular complexity index is 366. The van der Waals surface area contributed by atoms with Crippen LogP contribution in [0, 0.1) is 0 Å². The molecule has 0 spiro atoms. The Kier molecular flexibility index (Phi) is 2.15. The topological polar surface area (TPSA) is 32.7 Å². The van der Waals surface area contributed by atoms with Crippen molar-refractivity contribution < 1.29 is 9.84 Å². The number of anilines is 1. The molecule has 0 radical (unpaired) electrons. The molecule has 3 rings (SSSR count). The van der Waals surface area contributed by atoms with Crippen LogP contribution in [0.1, 0.15) is 5.56 Å². The zero-order chi connectivity index (χ0) is 10.3. The summed E-state index contributed by atoms with van der Waals surface area (Å²) in [6, 6.07) is 8.57. The number of ether oxygens (including phenoxy) is 1. The van der Waals surface area contributed by atoms with Crippen molar-refractivity contribution in [2.75, 3.05) is 24.7 Å². The lowest BCUT2D eigenvalue weighted by Gasteiger charge is -2.27. The monoisotopic (exact) mass is 205 g/mol. The van der Waals surface area contributed by atoms with Crippen LogP contribution in [-0.4, -0.2) is 37.0 Å². The number of aliphatic hydroxyl groups excluding tert-OH is 1. The molecule has 2 aliphatic heterocycles. The van der Waals surface area contributed by atoms with Gasteiger partial charge in [-0.05, 0) is 18.1 Å².